The zero-order valence-electron chi connectivity index (χ0n) is 15.5. The van der Waals surface area contributed by atoms with Crippen LogP contribution in [0, 0.1) is 23.7 Å². The van der Waals surface area contributed by atoms with Gasteiger partial charge >= 0.3 is 0 Å². The third kappa shape index (κ3) is 2.05. The van der Waals surface area contributed by atoms with E-state index >= 15 is 0 Å². The molecular formula is C25H21NO2. The summed E-state index contributed by atoms with van der Waals surface area (Å²) in [5, 5.41) is 2.03. The van der Waals surface area contributed by atoms with Crippen molar-refractivity contribution in [3.05, 3.63) is 78.4 Å². The molecule has 0 spiro atoms. The number of amides is 2. The third-order valence-electron chi connectivity index (χ3n) is 7.25. The van der Waals surface area contributed by atoms with Gasteiger partial charge in [0.2, 0.25) is 11.8 Å². The average molecular weight is 367 g/mol. The van der Waals surface area contributed by atoms with Crippen molar-refractivity contribution in [1.82, 2.24) is 0 Å². The summed E-state index contributed by atoms with van der Waals surface area (Å²) in [6.45, 7) is 0. The van der Waals surface area contributed by atoms with Gasteiger partial charge in [0.15, 0.2) is 0 Å². The number of benzene rings is 3. The van der Waals surface area contributed by atoms with Crippen molar-refractivity contribution in [2.75, 3.05) is 4.90 Å². The van der Waals surface area contributed by atoms with Crippen molar-refractivity contribution in [1.29, 1.82) is 0 Å². The van der Waals surface area contributed by atoms with Gasteiger partial charge in [0.05, 0.1) is 17.5 Å². The van der Waals surface area contributed by atoms with Gasteiger partial charge in [-0.3, -0.25) is 9.59 Å². The molecule has 0 radical (unpaired) electrons. The van der Waals surface area contributed by atoms with Gasteiger partial charge in [-0.05, 0) is 47.6 Å². The number of hydrogen-bond acceptors (Lipinski definition) is 2. The Balaban J connectivity index is 1.41. The summed E-state index contributed by atoms with van der Waals surface area (Å²) in [5.74, 6) is 0.763. The standard InChI is InChI=1S/C25H21NO2/c27-24-22-17-13-19(16-7-2-1-3-8-16)20(14-17)23(22)25(28)26(24)21-12-6-10-15-9-4-5-11-18(15)21/h1-12,17,19-20,22-23H,13-14H2/t17-,19+,20-,22-,23+/m1/s1. The van der Waals surface area contributed by atoms with Crippen LogP contribution in [0.25, 0.3) is 10.8 Å². The summed E-state index contributed by atoms with van der Waals surface area (Å²) in [6, 6.07) is 24.4. The third-order valence-corrected chi connectivity index (χ3v) is 7.25. The summed E-state index contributed by atoms with van der Waals surface area (Å²) >= 11 is 0. The van der Waals surface area contributed by atoms with Gasteiger partial charge < -0.3 is 0 Å². The van der Waals surface area contributed by atoms with E-state index in [9.17, 15) is 9.59 Å². The van der Waals surface area contributed by atoms with Gasteiger partial charge in [0.25, 0.3) is 0 Å². The van der Waals surface area contributed by atoms with Crippen molar-refractivity contribution in [2.24, 2.45) is 23.7 Å². The molecule has 2 amide bonds. The van der Waals surface area contributed by atoms with Gasteiger partial charge in [-0.25, -0.2) is 4.90 Å². The van der Waals surface area contributed by atoms with Gasteiger partial charge in [0, 0.05) is 5.39 Å². The van der Waals surface area contributed by atoms with E-state index in [0.29, 0.717) is 11.8 Å². The molecule has 3 aliphatic rings. The highest BCUT2D eigenvalue weighted by Gasteiger charge is 2.64. The van der Waals surface area contributed by atoms with Crippen molar-refractivity contribution in [2.45, 2.75) is 18.8 Å². The fourth-order valence-electron chi connectivity index (χ4n) is 6.18. The van der Waals surface area contributed by atoms with Gasteiger partial charge in [-0.1, -0.05) is 66.7 Å². The number of nitrogens with zero attached hydrogens (tertiary/aromatic N) is 1. The van der Waals surface area contributed by atoms with Crippen LogP contribution in [0.3, 0.4) is 0 Å². The largest absolute Gasteiger partial charge is 0.274 e. The van der Waals surface area contributed by atoms with Gasteiger partial charge in [-0.15, -0.1) is 0 Å². The summed E-state index contributed by atoms with van der Waals surface area (Å²) in [5.41, 5.74) is 2.07. The minimum absolute atomic E-state index is 0.0134. The van der Waals surface area contributed by atoms with Crippen LogP contribution in [-0.4, -0.2) is 11.8 Å². The normalized spacial score (nSPS) is 31.0. The van der Waals surface area contributed by atoms with Crippen molar-refractivity contribution in [3.63, 3.8) is 0 Å². The maximum Gasteiger partial charge on any atom is 0.238 e. The predicted molar refractivity (Wildman–Crippen MR) is 109 cm³/mol. The SMILES string of the molecule is O=C1[C@@H]2[C@H]3C[C@@H]([C@@H]2C(=O)N1c1cccc2ccccc12)[C@H](c1ccccc1)C3. The average Bonchev–Trinajstić information content (AvgIpc) is 3.40. The zero-order chi connectivity index (χ0) is 18.8. The molecule has 3 fully saturated rings. The molecule has 2 saturated carbocycles. The Morgan fingerprint density at radius 1 is 0.714 bits per heavy atom. The van der Waals surface area contributed by atoms with Crippen LogP contribution in [0.15, 0.2) is 72.8 Å². The first-order chi connectivity index (χ1) is 13.7. The lowest BCUT2D eigenvalue weighted by Crippen LogP contribution is -2.33. The van der Waals surface area contributed by atoms with Gasteiger partial charge in [0.1, 0.15) is 0 Å². The van der Waals surface area contributed by atoms with Crippen LogP contribution in [0.4, 0.5) is 5.69 Å². The van der Waals surface area contributed by atoms with Gasteiger partial charge in [-0.2, -0.15) is 0 Å². The Morgan fingerprint density at radius 2 is 1.43 bits per heavy atom. The smallest absolute Gasteiger partial charge is 0.238 e. The van der Waals surface area contributed by atoms with E-state index < -0.39 is 0 Å². The molecule has 1 saturated heterocycles. The number of rotatable bonds is 2. The van der Waals surface area contributed by atoms with Crippen LogP contribution in [0.1, 0.15) is 24.3 Å². The van der Waals surface area contributed by atoms with Crippen LogP contribution >= 0.6 is 0 Å². The molecular weight excluding hydrogens is 346 g/mol. The van der Waals surface area contributed by atoms with Crippen molar-refractivity contribution < 1.29 is 9.59 Å². The Labute approximate surface area is 164 Å². The number of anilines is 1. The van der Waals surface area contributed by atoms with E-state index in [0.717, 1.165) is 29.3 Å². The maximum atomic E-state index is 13.5. The summed E-state index contributed by atoms with van der Waals surface area (Å²) in [4.78, 5) is 28.4. The second-order valence-corrected chi connectivity index (χ2v) is 8.47. The second kappa shape index (κ2) is 5.78. The number of carbonyl (C=O) groups excluding carboxylic acids is 2. The lowest BCUT2D eigenvalue weighted by molar-refractivity contribution is -0.123. The molecule has 6 rings (SSSR count). The van der Waals surface area contributed by atoms with E-state index in [1.165, 1.54) is 10.5 Å². The van der Waals surface area contributed by atoms with Crippen LogP contribution in [0.5, 0.6) is 0 Å². The first-order valence-corrected chi connectivity index (χ1v) is 10.1. The maximum absolute atomic E-state index is 13.5. The Hall–Kier alpha value is -2.94. The molecule has 3 heteroatoms. The lowest BCUT2D eigenvalue weighted by atomic mass is 9.73. The quantitative estimate of drug-likeness (QED) is 0.612. The first-order valence-electron chi connectivity index (χ1n) is 10.1. The topological polar surface area (TPSA) is 37.4 Å². The molecule has 3 aromatic rings. The molecule has 5 atom stereocenters. The molecule has 2 aliphatic carbocycles. The highest BCUT2D eigenvalue weighted by atomic mass is 16.2. The molecule has 1 aliphatic heterocycles. The molecule has 0 aromatic heterocycles. The number of imide groups is 1. The molecule has 1 heterocycles. The van der Waals surface area contributed by atoms with Crippen LogP contribution in [0.2, 0.25) is 0 Å². The number of hydrogen-bond donors (Lipinski definition) is 0. The predicted octanol–water partition coefficient (Wildman–Crippen LogP) is 4.77. The monoisotopic (exact) mass is 367 g/mol. The van der Waals surface area contributed by atoms with E-state index in [4.69, 9.17) is 0 Å². The fraction of sp³-hybridized carbons (Fsp3) is 0.280. The van der Waals surface area contributed by atoms with E-state index in [2.05, 4.69) is 24.3 Å². The fourth-order valence-corrected chi connectivity index (χ4v) is 6.18. The van der Waals surface area contributed by atoms with Crippen molar-refractivity contribution >= 4 is 28.3 Å². The number of fused-ring (bicyclic) bond motifs is 6. The van der Waals surface area contributed by atoms with E-state index in [1.54, 1.807) is 0 Å². The molecule has 2 bridgehead atoms. The van der Waals surface area contributed by atoms with Crippen LogP contribution in [-0.2, 0) is 9.59 Å². The molecule has 0 unspecified atom stereocenters. The molecule has 138 valence electrons. The highest BCUT2D eigenvalue weighted by molar-refractivity contribution is 6.25. The van der Waals surface area contributed by atoms with Crippen LogP contribution < -0.4 is 4.90 Å². The Bertz CT molecular complexity index is 1100. The van der Waals surface area contributed by atoms with E-state index in [-0.39, 0.29) is 29.6 Å². The first kappa shape index (κ1) is 16.1. The summed E-state index contributed by atoms with van der Waals surface area (Å²) in [7, 11) is 0. The summed E-state index contributed by atoms with van der Waals surface area (Å²) in [6.07, 6.45) is 2.04. The Morgan fingerprint density at radius 3 is 2.29 bits per heavy atom. The Kier molecular flexibility index (Phi) is 3.31. The second-order valence-electron chi connectivity index (χ2n) is 8.47. The lowest BCUT2D eigenvalue weighted by Gasteiger charge is -2.28. The minimum Gasteiger partial charge on any atom is -0.274 e. The van der Waals surface area contributed by atoms with Crippen molar-refractivity contribution in [3.8, 4) is 0 Å². The van der Waals surface area contributed by atoms with E-state index in [1.807, 2.05) is 48.5 Å². The molecule has 3 nitrogen and oxygen atoms in total. The molecule has 3 aromatic carbocycles. The minimum atomic E-state index is -0.157. The molecule has 0 N–H and O–H groups in total. The number of carbonyl (C=O) groups is 2. The molecule has 28 heavy (non-hydrogen) atoms. The summed E-state index contributed by atoms with van der Waals surface area (Å²) < 4.78 is 0. The zero-order valence-corrected chi connectivity index (χ0v) is 15.5. The highest BCUT2D eigenvalue weighted by Crippen LogP contribution is 2.62.